The average Bonchev–Trinajstić information content (AvgIpc) is 2.83. The zero-order valence-corrected chi connectivity index (χ0v) is 11.0. The van der Waals surface area contributed by atoms with E-state index < -0.39 is 5.82 Å². The molecular weight excluding hydrogens is 247 g/mol. The van der Waals surface area contributed by atoms with Crippen LogP contribution in [0, 0.1) is 5.82 Å². The molecular formula is C13H17FN4O. The number of benzene rings is 1. The maximum atomic E-state index is 12.9. The van der Waals surface area contributed by atoms with Crippen molar-refractivity contribution in [2.75, 3.05) is 0 Å². The molecule has 0 aliphatic heterocycles. The van der Waals surface area contributed by atoms with Crippen molar-refractivity contribution < 1.29 is 9.50 Å². The number of rotatable bonds is 5. The van der Waals surface area contributed by atoms with Crippen LogP contribution in [-0.4, -0.2) is 19.9 Å². The number of nitrogens with zero attached hydrogens (tertiary/aromatic N) is 3. The Balaban J connectivity index is 2.03. The van der Waals surface area contributed by atoms with E-state index in [1.807, 2.05) is 18.4 Å². The van der Waals surface area contributed by atoms with Gasteiger partial charge in [-0.3, -0.25) is 0 Å². The molecule has 102 valence electrons. The van der Waals surface area contributed by atoms with E-state index in [-0.39, 0.29) is 11.8 Å². The van der Waals surface area contributed by atoms with Crippen LogP contribution >= 0.6 is 0 Å². The Hall–Kier alpha value is -1.95. The van der Waals surface area contributed by atoms with Gasteiger partial charge in [-0.15, -0.1) is 10.2 Å². The number of hydrogen-bond acceptors (Lipinski definition) is 4. The van der Waals surface area contributed by atoms with E-state index in [9.17, 15) is 9.50 Å². The van der Waals surface area contributed by atoms with E-state index >= 15 is 0 Å². The Bertz CT molecular complexity index is 555. The Morgan fingerprint density at radius 3 is 2.95 bits per heavy atom. The molecule has 0 saturated carbocycles. The average molecular weight is 264 g/mol. The second-order valence-electron chi connectivity index (χ2n) is 4.34. The highest BCUT2D eigenvalue weighted by molar-refractivity contribution is 5.34. The molecule has 0 aliphatic rings. The Morgan fingerprint density at radius 2 is 2.26 bits per heavy atom. The lowest BCUT2D eigenvalue weighted by Gasteiger charge is -2.15. The van der Waals surface area contributed by atoms with Gasteiger partial charge in [-0.05, 0) is 19.9 Å². The summed E-state index contributed by atoms with van der Waals surface area (Å²) >= 11 is 0. The van der Waals surface area contributed by atoms with Gasteiger partial charge in [0.15, 0.2) is 0 Å². The van der Waals surface area contributed by atoms with E-state index in [0.717, 1.165) is 18.4 Å². The van der Waals surface area contributed by atoms with Gasteiger partial charge in [-0.2, -0.15) is 0 Å². The standard InChI is InChI=1S/C13H17FN4O/c1-3-18-8-16-17-13(18)7-15-9(2)11-5-4-10(14)6-12(11)19/h4-6,8-9,15,19H,3,7H2,1-2H3. The number of phenols is 1. The van der Waals surface area contributed by atoms with Gasteiger partial charge in [0.25, 0.3) is 0 Å². The number of aryl methyl sites for hydroxylation is 1. The van der Waals surface area contributed by atoms with Crippen LogP contribution in [0.2, 0.25) is 0 Å². The number of nitrogens with one attached hydrogen (secondary N) is 1. The second-order valence-corrected chi connectivity index (χ2v) is 4.34. The molecule has 0 saturated heterocycles. The summed E-state index contributed by atoms with van der Waals surface area (Å²) in [4.78, 5) is 0. The first kappa shape index (κ1) is 13.5. The SMILES string of the molecule is CCn1cnnc1CNC(C)c1ccc(F)cc1O. The molecule has 2 N–H and O–H groups in total. The van der Waals surface area contributed by atoms with Crippen LogP contribution in [0.15, 0.2) is 24.5 Å². The Labute approximate surface area is 111 Å². The molecule has 1 atom stereocenters. The van der Waals surface area contributed by atoms with E-state index in [2.05, 4.69) is 15.5 Å². The number of aromatic nitrogens is 3. The number of aromatic hydroxyl groups is 1. The molecule has 1 aromatic carbocycles. The zero-order chi connectivity index (χ0) is 13.8. The maximum Gasteiger partial charge on any atom is 0.146 e. The first-order valence-electron chi connectivity index (χ1n) is 6.20. The summed E-state index contributed by atoms with van der Waals surface area (Å²) in [6.07, 6.45) is 1.68. The molecule has 2 aromatic rings. The van der Waals surface area contributed by atoms with Gasteiger partial charge in [0.05, 0.1) is 6.54 Å². The van der Waals surface area contributed by atoms with E-state index in [4.69, 9.17) is 0 Å². The van der Waals surface area contributed by atoms with Crippen LogP contribution in [-0.2, 0) is 13.1 Å². The fourth-order valence-electron chi connectivity index (χ4n) is 1.92. The highest BCUT2D eigenvalue weighted by Crippen LogP contribution is 2.24. The normalized spacial score (nSPS) is 12.6. The van der Waals surface area contributed by atoms with Gasteiger partial charge >= 0.3 is 0 Å². The summed E-state index contributed by atoms with van der Waals surface area (Å²) < 4.78 is 14.9. The van der Waals surface area contributed by atoms with Crippen molar-refractivity contribution in [2.45, 2.75) is 33.0 Å². The molecule has 0 fully saturated rings. The summed E-state index contributed by atoms with van der Waals surface area (Å²) in [6.45, 7) is 5.26. The third kappa shape index (κ3) is 3.08. The van der Waals surface area contributed by atoms with E-state index in [0.29, 0.717) is 12.1 Å². The number of halogens is 1. The zero-order valence-electron chi connectivity index (χ0n) is 11.0. The molecule has 0 aliphatic carbocycles. The third-order valence-electron chi connectivity index (χ3n) is 3.06. The van der Waals surface area contributed by atoms with Gasteiger partial charge in [-0.25, -0.2) is 4.39 Å². The van der Waals surface area contributed by atoms with Crippen LogP contribution < -0.4 is 5.32 Å². The monoisotopic (exact) mass is 264 g/mol. The van der Waals surface area contributed by atoms with Crippen molar-refractivity contribution in [3.05, 3.63) is 41.7 Å². The van der Waals surface area contributed by atoms with Crippen LogP contribution in [0.1, 0.15) is 31.3 Å². The molecule has 19 heavy (non-hydrogen) atoms. The predicted molar refractivity (Wildman–Crippen MR) is 69.0 cm³/mol. The lowest BCUT2D eigenvalue weighted by molar-refractivity contribution is 0.444. The van der Waals surface area contributed by atoms with Crippen LogP contribution in [0.4, 0.5) is 4.39 Å². The molecule has 1 unspecified atom stereocenters. The largest absolute Gasteiger partial charge is 0.508 e. The highest BCUT2D eigenvalue weighted by atomic mass is 19.1. The van der Waals surface area contributed by atoms with Crippen molar-refractivity contribution in [3.8, 4) is 5.75 Å². The fraction of sp³-hybridized carbons (Fsp3) is 0.385. The summed E-state index contributed by atoms with van der Waals surface area (Å²) in [5.74, 6) is 0.340. The van der Waals surface area contributed by atoms with Crippen LogP contribution in [0.25, 0.3) is 0 Å². The van der Waals surface area contributed by atoms with Crippen molar-refractivity contribution in [1.29, 1.82) is 0 Å². The minimum Gasteiger partial charge on any atom is -0.508 e. The van der Waals surface area contributed by atoms with Gasteiger partial charge in [0.1, 0.15) is 23.7 Å². The lowest BCUT2D eigenvalue weighted by atomic mass is 10.1. The maximum absolute atomic E-state index is 12.9. The van der Waals surface area contributed by atoms with E-state index in [1.165, 1.54) is 6.07 Å². The minimum absolute atomic E-state index is 0.0445. The van der Waals surface area contributed by atoms with Crippen molar-refractivity contribution in [3.63, 3.8) is 0 Å². The number of hydrogen-bond donors (Lipinski definition) is 2. The molecule has 0 radical (unpaired) electrons. The Kier molecular flexibility index (Phi) is 4.11. The van der Waals surface area contributed by atoms with Gasteiger partial charge < -0.3 is 15.0 Å². The molecule has 0 amide bonds. The number of phenolic OH excluding ortho intramolecular Hbond substituents is 1. The first-order valence-corrected chi connectivity index (χ1v) is 6.20. The van der Waals surface area contributed by atoms with Crippen molar-refractivity contribution in [1.82, 2.24) is 20.1 Å². The van der Waals surface area contributed by atoms with Gasteiger partial charge in [-0.1, -0.05) is 6.07 Å². The first-order chi connectivity index (χ1) is 9.11. The molecule has 1 heterocycles. The van der Waals surface area contributed by atoms with Crippen molar-refractivity contribution in [2.24, 2.45) is 0 Å². The quantitative estimate of drug-likeness (QED) is 0.867. The van der Waals surface area contributed by atoms with Crippen LogP contribution in [0.5, 0.6) is 5.75 Å². The smallest absolute Gasteiger partial charge is 0.146 e. The summed E-state index contributed by atoms with van der Waals surface area (Å²) in [6, 6.07) is 3.92. The summed E-state index contributed by atoms with van der Waals surface area (Å²) in [7, 11) is 0. The highest BCUT2D eigenvalue weighted by Gasteiger charge is 2.12. The molecule has 1 aromatic heterocycles. The van der Waals surface area contributed by atoms with Crippen molar-refractivity contribution >= 4 is 0 Å². The fourth-order valence-corrected chi connectivity index (χ4v) is 1.92. The minimum atomic E-state index is -0.445. The molecule has 0 spiro atoms. The topological polar surface area (TPSA) is 63.0 Å². The molecule has 6 heteroatoms. The molecule has 2 rings (SSSR count). The summed E-state index contributed by atoms with van der Waals surface area (Å²) in [5.41, 5.74) is 0.656. The van der Waals surface area contributed by atoms with E-state index in [1.54, 1.807) is 12.4 Å². The lowest BCUT2D eigenvalue weighted by Crippen LogP contribution is -2.20. The molecule has 5 nitrogen and oxygen atoms in total. The second kappa shape index (κ2) is 5.79. The third-order valence-corrected chi connectivity index (χ3v) is 3.06. The molecule has 0 bridgehead atoms. The Morgan fingerprint density at radius 1 is 1.47 bits per heavy atom. The van der Waals surface area contributed by atoms with Gasteiger partial charge in [0.2, 0.25) is 0 Å². The predicted octanol–water partition coefficient (Wildman–Crippen LogP) is 1.99. The van der Waals surface area contributed by atoms with Crippen LogP contribution in [0.3, 0.4) is 0 Å². The summed E-state index contributed by atoms with van der Waals surface area (Å²) in [5, 5.41) is 20.8. The van der Waals surface area contributed by atoms with Gasteiger partial charge in [0, 0.05) is 24.2 Å².